The molecule has 0 N–H and O–H groups in total. The van der Waals surface area contributed by atoms with Crippen LogP contribution in [0.2, 0.25) is 0 Å². The number of fused-ring (bicyclic) bond motifs is 1. The SMILES string of the molecule is CCCCCc1cc(F)c(C2CCc3cc(-c4ccc(F)c(F)c4)ccc3C2)c(F)c1. The molecule has 0 amide bonds. The largest absolute Gasteiger partial charge is 0.207 e. The third-order valence-corrected chi connectivity index (χ3v) is 6.30. The lowest BCUT2D eigenvalue weighted by Gasteiger charge is -2.26. The minimum absolute atomic E-state index is 0.189. The normalized spacial score (nSPS) is 15.7. The van der Waals surface area contributed by atoms with Crippen molar-refractivity contribution < 1.29 is 17.6 Å². The second-order valence-electron chi connectivity index (χ2n) is 8.48. The van der Waals surface area contributed by atoms with Crippen LogP contribution in [0.4, 0.5) is 17.6 Å². The highest BCUT2D eigenvalue weighted by atomic mass is 19.2. The first kappa shape index (κ1) is 21.6. The summed E-state index contributed by atoms with van der Waals surface area (Å²) in [6.45, 7) is 2.10. The zero-order chi connectivity index (χ0) is 22.0. The molecule has 162 valence electrons. The number of halogens is 4. The third-order valence-electron chi connectivity index (χ3n) is 6.30. The van der Waals surface area contributed by atoms with Crippen molar-refractivity contribution in [1.82, 2.24) is 0 Å². The van der Waals surface area contributed by atoms with Gasteiger partial charge >= 0.3 is 0 Å². The van der Waals surface area contributed by atoms with E-state index in [0.29, 0.717) is 31.2 Å². The van der Waals surface area contributed by atoms with Crippen molar-refractivity contribution in [3.05, 3.63) is 94.1 Å². The van der Waals surface area contributed by atoms with Gasteiger partial charge in [-0.2, -0.15) is 0 Å². The van der Waals surface area contributed by atoms with Crippen LogP contribution in [0.5, 0.6) is 0 Å². The van der Waals surface area contributed by atoms with E-state index in [1.54, 1.807) is 6.07 Å². The first-order valence-corrected chi connectivity index (χ1v) is 11.0. The first-order valence-electron chi connectivity index (χ1n) is 11.0. The zero-order valence-electron chi connectivity index (χ0n) is 17.7. The highest BCUT2D eigenvalue weighted by Gasteiger charge is 2.26. The molecule has 4 rings (SSSR count). The van der Waals surface area contributed by atoms with Crippen LogP contribution < -0.4 is 0 Å². The van der Waals surface area contributed by atoms with Gasteiger partial charge in [-0.3, -0.25) is 0 Å². The first-order chi connectivity index (χ1) is 15.0. The highest BCUT2D eigenvalue weighted by Crippen LogP contribution is 2.37. The predicted octanol–water partition coefficient (Wildman–Crippen LogP) is 7.92. The molecule has 0 nitrogen and oxygen atoms in total. The van der Waals surface area contributed by atoms with Gasteiger partial charge in [0.25, 0.3) is 0 Å². The van der Waals surface area contributed by atoms with Gasteiger partial charge in [0.2, 0.25) is 0 Å². The van der Waals surface area contributed by atoms with E-state index in [4.69, 9.17) is 0 Å². The molecule has 0 aromatic heterocycles. The Labute approximate surface area is 180 Å². The molecule has 3 aromatic rings. The summed E-state index contributed by atoms with van der Waals surface area (Å²) < 4.78 is 56.5. The minimum atomic E-state index is -0.876. The van der Waals surface area contributed by atoms with E-state index in [2.05, 4.69) is 6.92 Å². The average molecular weight is 426 g/mol. The Balaban J connectivity index is 1.54. The van der Waals surface area contributed by atoms with E-state index in [0.717, 1.165) is 47.6 Å². The molecule has 4 heteroatoms. The van der Waals surface area contributed by atoms with Crippen molar-refractivity contribution in [3.8, 4) is 11.1 Å². The van der Waals surface area contributed by atoms with Crippen LogP contribution >= 0.6 is 0 Å². The van der Waals surface area contributed by atoms with E-state index < -0.39 is 23.3 Å². The van der Waals surface area contributed by atoms with Gasteiger partial charge in [0.1, 0.15) is 11.6 Å². The highest BCUT2D eigenvalue weighted by molar-refractivity contribution is 5.65. The Hall–Kier alpha value is -2.62. The molecule has 3 aromatic carbocycles. The Bertz CT molecular complexity index is 1060. The van der Waals surface area contributed by atoms with Gasteiger partial charge in [0, 0.05) is 5.56 Å². The van der Waals surface area contributed by atoms with Gasteiger partial charge in [-0.25, -0.2) is 17.6 Å². The number of hydrogen-bond acceptors (Lipinski definition) is 0. The van der Waals surface area contributed by atoms with Crippen LogP contribution in [-0.4, -0.2) is 0 Å². The summed E-state index contributed by atoms with van der Waals surface area (Å²) >= 11 is 0. The molecule has 1 aliphatic rings. The van der Waals surface area contributed by atoms with E-state index in [-0.39, 0.29) is 11.5 Å². The monoisotopic (exact) mass is 426 g/mol. The van der Waals surface area contributed by atoms with Crippen LogP contribution in [0.15, 0.2) is 48.5 Å². The predicted molar refractivity (Wildman–Crippen MR) is 116 cm³/mol. The second kappa shape index (κ2) is 9.25. The average Bonchev–Trinajstić information content (AvgIpc) is 2.75. The minimum Gasteiger partial charge on any atom is -0.207 e. The molecule has 31 heavy (non-hydrogen) atoms. The summed E-state index contributed by atoms with van der Waals surface area (Å²) in [4.78, 5) is 0. The molecule has 1 unspecified atom stereocenters. The molecule has 0 saturated heterocycles. The summed E-state index contributed by atoms with van der Waals surface area (Å²) in [5, 5.41) is 0. The van der Waals surface area contributed by atoms with Crippen molar-refractivity contribution in [2.75, 3.05) is 0 Å². The maximum Gasteiger partial charge on any atom is 0.159 e. The summed E-state index contributed by atoms with van der Waals surface area (Å²) in [5.41, 5.74) is 4.47. The number of hydrogen-bond donors (Lipinski definition) is 0. The lowest BCUT2D eigenvalue weighted by atomic mass is 9.78. The molecule has 1 aliphatic carbocycles. The molecule has 1 atom stereocenters. The molecule has 0 heterocycles. The van der Waals surface area contributed by atoms with Crippen LogP contribution in [0.25, 0.3) is 11.1 Å². The molecular formula is C27H26F4. The van der Waals surface area contributed by atoms with Gasteiger partial charge in [-0.05, 0) is 90.1 Å². The number of aryl methyl sites for hydroxylation is 2. The van der Waals surface area contributed by atoms with E-state index in [1.807, 2.05) is 18.2 Å². The molecule has 0 aliphatic heterocycles. The topological polar surface area (TPSA) is 0 Å². The van der Waals surface area contributed by atoms with Crippen LogP contribution in [0, 0.1) is 23.3 Å². The fraction of sp³-hybridized carbons (Fsp3) is 0.333. The summed E-state index contributed by atoms with van der Waals surface area (Å²) in [6, 6.07) is 12.6. The van der Waals surface area contributed by atoms with Gasteiger partial charge in [-0.1, -0.05) is 44.0 Å². The van der Waals surface area contributed by atoms with Crippen molar-refractivity contribution in [2.45, 2.75) is 57.8 Å². The fourth-order valence-corrected chi connectivity index (χ4v) is 4.61. The Morgan fingerprint density at radius 3 is 2.16 bits per heavy atom. The van der Waals surface area contributed by atoms with Crippen LogP contribution in [-0.2, 0) is 19.3 Å². The van der Waals surface area contributed by atoms with Gasteiger partial charge in [-0.15, -0.1) is 0 Å². The molecule has 0 fully saturated rings. The second-order valence-corrected chi connectivity index (χ2v) is 8.48. The maximum absolute atomic E-state index is 14.8. The molecule has 0 spiro atoms. The van der Waals surface area contributed by atoms with Crippen LogP contribution in [0.3, 0.4) is 0 Å². The van der Waals surface area contributed by atoms with Crippen molar-refractivity contribution in [1.29, 1.82) is 0 Å². The van der Waals surface area contributed by atoms with Gasteiger partial charge < -0.3 is 0 Å². The zero-order valence-corrected chi connectivity index (χ0v) is 17.7. The number of benzene rings is 3. The van der Waals surface area contributed by atoms with Gasteiger partial charge in [0.05, 0.1) is 0 Å². The lowest BCUT2D eigenvalue weighted by molar-refractivity contribution is 0.489. The Morgan fingerprint density at radius 1 is 0.742 bits per heavy atom. The summed E-state index contributed by atoms with van der Waals surface area (Å²) in [7, 11) is 0. The third kappa shape index (κ3) is 4.68. The fourth-order valence-electron chi connectivity index (χ4n) is 4.61. The van der Waals surface area contributed by atoms with E-state index >= 15 is 0 Å². The maximum atomic E-state index is 14.8. The molecular weight excluding hydrogens is 400 g/mol. The quantitative estimate of drug-likeness (QED) is 0.277. The summed E-state index contributed by atoms with van der Waals surface area (Å²) in [5.74, 6) is -2.84. The molecule has 0 radical (unpaired) electrons. The van der Waals surface area contributed by atoms with Crippen molar-refractivity contribution in [3.63, 3.8) is 0 Å². The Morgan fingerprint density at radius 2 is 1.45 bits per heavy atom. The van der Waals surface area contributed by atoms with Gasteiger partial charge in [0.15, 0.2) is 11.6 Å². The lowest BCUT2D eigenvalue weighted by Crippen LogP contribution is -2.16. The summed E-state index contributed by atoms with van der Waals surface area (Å²) in [6.07, 6.45) is 5.66. The number of unbranched alkanes of at least 4 members (excludes halogenated alkanes) is 2. The Kier molecular flexibility index (Phi) is 6.45. The van der Waals surface area contributed by atoms with Crippen LogP contribution in [0.1, 0.15) is 60.8 Å². The van der Waals surface area contributed by atoms with Crippen molar-refractivity contribution >= 4 is 0 Å². The molecule has 0 bridgehead atoms. The van der Waals surface area contributed by atoms with E-state index in [1.165, 1.54) is 18.2 Å². The standard InChI is InChI=1S/C27H26F4/c1-2-3-4-5-17-12-25(30)27(26(31)13-17)22-9-8-18-14-19(6-7-20(18)15-22)21-10-11-23(28)24(29)16-21/h6-7,10-14,16,22H,2-5,8-9,15H2,1H3. The number of rotatable bonds is 6. The smallest absolute Gasteiger partial charge is 0.159 e. The molecule has 0 saturated carbocycles. The van der Waals surface area contributed by atoms with E-state index in [9.17, 15) is 17.6 Å². The van der Waals surface area contributed by atoms with Crippen molar-refractivity contribution in [2.24, 2.45) is 0 Å².